The summed E-state index contributed by atoms with van der Waals surface area (Å²) in [6, 6.07) is 2.88. The molecule has 0 saturated heterocycles. The Kier molecular flexibility index (Phi) is 3.93. The highest BCUT2D eigenvalue weighted by Crippen LogP contribution is 2.27. The maximum Gasteiger partial charge on any atom is 0.339 e. The van der Waals surface area contributed by atoms with Crippen LogP contribution < -0.4 is 4.72 Å². The first-order valence-electron chi connectivity index (χ1n) is 5.61. The van der Waals surface area contributed by atoms with Gasteiger partial charge in [0.05, 0.1) is 10.7 Å². The van der Waals surface area contributed by atoms with Crippen molar-refractivity contribution in [2.24, 2.45) is 0 Å². The maximum atomic E-state index is 13.2. The van der Waals surface area contributed by atoms with Crippen LogP contribution in [0, 0.1) is 12.7 Å². The van der Waals surface area contributed by atoms with Crippen LogP contribution in [0.1, 0.15) is 16.1 Å². The molecule has 1 aromatic carbocycles. The van der Waals surface area contributed by atoms with Crippen molar-refractivity contribution < 1.29 is 22.7 Å². The number of sulfonamides is 1. The van der Waals surface area contributed by atoms with Gasteiger partial charge < -0.3 is 10.1 Å². The smallest absolute Gasteiger partial charge is 0.339 e. The number of carbonyl (C=O) groups is 1. The lowest BCUT2D eigenvalue weighted by molar-refractivity contribution is 0.0697. The highest BCUT2D eigenvalue weighted by molar-refractivity contribution is 7.92. The van der Waals surface area contributed by atoms with Crippen LogP contribution >= 0.6 is 11.6 Å². The van der Waals surface area contributed by atoms with Gasteiger partial charge in [-0.05, 0) is 25.1 Å². The molecule has 9 heteroatoms. The van der Waals surface area contributed by atoms with E-state index in [9.17, 15) is 17.6 Å². The number of hydrogen-bond donors (Lipinski definition) is 3. The van der Waals surface area contributed by atoms with Gasteiger partial charge in [0.1, 0.15) is 16.3 Å². The molecule has 0 atom stereocenters. The van der Waals surface area contributed by atoms with Crippen LogP contribution in [0.3, 0.4) is 0 Å². The molecule has 21 heavy (non-hydrogen) atoms. The molecule has 0 fully saturated rings. The number of aromatic amines is 1. The number of halogens is 2. The summed E-state index contributed by atoms with van der Waals surface area (Å²) in [5, 5.41) is 8.89. The zero-order chi connectivity index (χ0) is 15.8. The molecule has 2 rings (SSSR count). The Labute approximate surface area is 124 Å². The van der Waals surface area contributed by atoms with E-state index in [2.05, 4.69) is 9.71 Å². The second kappa shape index (κ2) is 5.38. The molecule has 112 valence electrons. The standard InChI is InChI=1S/C12H10ClFN2O4S/c1-6-11(12(17)18)9(5-15-6)16-21(19,20)10-4-7(14)2-3-8(10)13/h2-5,15-16H,1H3,(H,17,18). The van der Waals surface area contributed by atoms with Gasteiger partial charge in [-0.3, -0.25) is 4.72 Å². The van der Waals surface area contributed by atoms with Gasteiger partial charge in [-0.25, -0.2) is 17.6 Å². The Balaban J connectivity index is 2.48. The molecule has 0 aliphatic carbocycles. The van der Waals surface area contributed by atoms with Crippen LogP contribution in [0.5, 0.6) is 0 Å². The number of anilines is 1. The summed E-state index contributed by atoms with van der Waals surface area (Å²) in [5.74, 6) is -2.07. The van der Waals surface area contributed by atoms with Crippen LogP contribution in [0.4, 0.5) is 10.1 Å². The molecular formula is C12H10ClFN2O4S. The van der Waals surface area contributed by atoms with Gasteiger partial charge in [-0.2, -0.15) is 0 Å². The summed E-state index contributed by atoms with van der Waals surface area (Å²) in [6.07, 6.45) is 1.20. The lowest BCUT2D eigenvalue weighted by Crippen LogP contribution is -2.15. The molecular weight excluding hydrogens is 323 g/mol. The predicted octanol–water partition coefficient (Wildman–Crippen LogP) is 2.61. The Morgan fingerprint density at radius 1 is 1.43 bits per heavy atom. The number of rotatable bonds is 4. The van der Waals surface area contributed by atoms with E-state index in [1.54, 1.807) is 0 Å². The van der Waals surface area contributed by atoms with Crippen LogP contribution in [-0.2, 0) is 10.0 Å². The topological polar surface area (TPSA) is 99.3 Å². The van der Waals surface area contributed by atoms with Crippen molar-refractivity contribution in [3.8, 4) is 0 Å². The highest BCUT2D eigenvalue weighted by atomic mass is 35.5. The molecule has 0 saturated carbocycles. The van der Waals surface area contributed by atoms with Crippen LogP contribution in [0.25, 0.3) is 0 Å². The lowest BCUT2D eigenvalue weighted by Gasteiger charge is -2.09. The number of nitrogens with one attached hydrogen (secondary N) is 2. The van der Waals surface area contributed by atoms with E-state index in [1.165, 1.54) is 13.1 Å². The quantitative estimate of drug-likeness (QED) is 0.801. The minimum absolute atomic E-state index is 0.152. The van der Waals surface area contributed by atoms with Gasteiger partial charge in [-0.1, -0.05) is 11.6 Å². The molecule has 0 bridgehead atoms. The van der Waals surface area contributed by atoms with Gasteiger partial charge in [0.25, 0.3) is 10.0 Å². The minimum Gasteiger partial charge on any atom is -0.478 e. The average molecular weight is 333 g/mol. The van der Waals surface area contributed by atoms with Gasteiger partial charge >= 0.3 is 5.97 Å². The fourth-order valence-corrected chi connectivity index (χ4v) is 3.34. The molecule has 2 aromatic rings. The second-order valence-electron chi connectivity index (χ2n) is 4.19. The van der Waals surface area contributed by atoms with Crippen molar-refractivity contribution in [2.45, 2.75) is 11.8 Å². The first-order valence-corrected chi connectivity index (χ1v) is 7.47. The van der Waals surface area contributed by atoms with E-state index in [-0.39, 0.29) is 22.0 Å². The van der Waals surface area contributed by atoms with Crippen molar-refractivity contribution in [2.75, 3.05) is 4.72 Å². The number of carboxylic acid groups (broad SMARTS) is 1. The summed E-state index contributed by atoms with van der Waals surface area (Å²) in [4.78, 5) is 13.2. The molecule has 3 N–H and O–H groups in total. The molecule has 0 unspecified atom stereocenters. The summed E-state index contributed by atoms with van der Waals surface area (Å²) < 4.78 is 39.6. The number of H-pyrrole nitrogens is 1. The fraction of sp³-hybridized carbons (Fsp3) is 0.0833. The van der Waals surface area contributed by atoms with Crippen LogP contribution in [0.2, 0.25) is 5.02 Å². The maximum absolute atomic E-state index is 13.2. The molecule has 0 spiro atoms. The molecule has 1 heterocycles. The van der Waals surface area contributed by atoms with E-state index in [0.717, 1.165) is 18.2 Å². The number of aryl methyl sites for hydroxylation is 1. The third kappa shape index (κ3) is 3.01. The van der Waals surface area contributed by atoms with E-state index < -0.39 is 26.7 Å². The van der Waals surface area contributed by atoms with Crippen molar-refractivity contribution in [3.63, 3.8) is 0 Å². The van der Waals surface area contributed by atoms with Gasteiger partial charge in [0, 0.05) is 11.9 Å². The third-order valence-electron chi connectivity index (χ3n) is 2.72. The molecule has 0 amide bonds. The van der Waals surface area contributed by atoms with Gasteiger partial charge in [0.2, 0.25) is 0 Å². The Bertz CT molecular complexity index is 817. The molecule has 6 nitrogen and oxygen atoms in total. The highest BCUT2D eigenvalue weighted by Gasteiger charge is 2.23. The van der Waals surface area contributed by atoms with Crippen LogP contribution in [0.15, 0.2) is 29.3 Å². The molecule has 1 aromatic heterocycles. The lowest BCUT2D eigenvalue weighted by atomic mass is 10.2. The molecule has 0 aliphatic rings. The first-order chi connectivity index (χ1) is 9.72. The average Bonchev–Trinajstić information content (AvgIpc) is 2.72. The predicted molar refractivity (Wildman–Crippen MR) is 74.7 cm³/mol. The van der Waals surface area contributed by atoms with E-state index >= 15 is 0 Å². The Morgan fingerprint density at radius 3 is 2.71 bits per heavy atom. The van der Waals surface area contributed by atoms with E-state index in [4.69, 9.17) is 16.7 Å². The van der Waals surface area contributed by atoms with Crippen molar-refractivity contribution in [1.82, 2.24) is 4.98 Å². The summed E-state index contributed by atoms with van der Waals surface area (Å²) >= 11 is 5.74. The summed E-state index contributed by atoms with van der Waals surface area (Å²) in [7, 11) is -4.21. The van der Waals surface area contributed by atoms with E-state index in [1.807, 2.05) is 0 Å². The van der Waals surface area contributed by atoms with Crippen molar-refractivity contribution in [3.05, 3.63) is 46.5 Å². The number of carboxylic acids is 1. The molecule has 0 radical (unpaired) electrons. The monoisotopic (exact) mass is 332 g/mol. The minimum atomic E-state index is -4.21. The Hall–Kier alpha value is -2.06. The van der Waals surface area contributed by atoms with E-state index in [0.29, 0.717) is 0 Å². The molecule has 0 aliphatic heterocycles. The Morgan fingerprint density at radius 2 is 2.10 bits per heavy atom. The number of benzene rings is 1. The van der Waals surface area contributed by atoms with Crippen LogP contribution in [-0.4, -0.2) is 24.5 Å². The number of hydrogen-bond acceptors (Lipinski definition) is 3. The normalized spacial score (nSPS) is 11.4. The third-order valence-corrected chi connectivity index (χ3v) is 4.57. The largest absolute Gasteiger partial charge is 0.478 e. The summed E-state index contributed by atoms with van der Waals surface area (Å²) in [6.45, 7) is 1.48. The number of aromatic nitrogens is 1. The summed E-state index contributed by atoms with van der Waals surface area (Å²) in [5.41, 5.74) is -0.0861. The zero-order valence-electron chi connectivity index (χ0n) is 10.6. The van der Waals surface area contributed by atoms with Gasteiger partial charge in [0.15, 0.2) is 0 Å². The fourth-order valence-electron chi connectivity index (χ4n) is 1.77. The second-order valence-corrected chi connectivity index (χ2v) is 6.25. The van der Waals surface area contributed by atoms with Crippen molar-refractivity contribution >= 4 is 33.3 Å². The SMILES string of the molecule is Cc1[nH]cc(NS(=O)(=O)c2cc(F)ccc2Cl)c1C(=O)O. The van der Waals surface area contributed by atoms with Gasteiger partial charge in [-0.15, -0.1) is 0 Å². The van der Waals surface area contributed by atoms with Crippen molar-refractivity contribution in [1.29, 1.82) is 0 Å². The first kappa shape index (κ1) is 15.3. The number of aromatic carboxylic acids is 1. The zero-order valence-corrected chi connectivity index (χ0v) is 12.2.